The molecule has 0 N–H and O–H groups in total. The number of rotatable bonds is 6. The molecule has 2 heterocycles. The summed E-state index contributed by atoms with van der Waals surface area (Å²) in [5.74, 6) is 0.453. The lowest BCUT2D eigenvalue weighted by Crippen LogP contribution is -2.42. The Labute approximate surface area is 176 Å². The molecule has 1 saturated heterocycles. The largest absolute Gasteiger partial charge is 0.473 e. The van der Waals surface area contributed by atoms with Gasteiger partial charge in [0.15, 0.2) is 9.84 Å². The summed E-state index contributed by atoms with van der Waals surface area (Å²) in [6.07, 6.45) is 3.29. The molecule has 0 bridgehead atoms. The average Bonchev–Trinajstić information content (AvgIpc) is 2.70. The molecule has 2 aromatic rings. The molecular formula is C21H25ClN2O4S. The van der Waals surface area contributed by atoms with E-state index in [1.807, 2.05) is 4.90 Å². The van der Waals surface area contributed by atoms with E-state index < -0.39 is 15.1 Å². The lowest BCUT2D eigenvalue weighted by atomic mass is 10.1. The van der Waals surface area contributed by atoms with Crippen molar-refractivity contribution in [2.45, 2.75) is 49.4 Å². The van der Waals surface area contributed by atoms with Crippen molar-refractivity contribution < 1.29 is 17.9 Å². The molecular weight excluding hydrogens is 412 g/mol. The van der Waals surface area contributed by atoms with Gasteiger partial charge in [0.2, 0.25) is 11.8 Å². The molecule has 29 heavy (non-hydrogen) atoms. The molecule has 0 radical (unpaired) electrons. The Morgan fingerprint density at radius 2 is 1.86 bits per heavy atom. The van der Waals surface area contributed by atoms with Crippen LogP contribution in [-0.2, 0) is 21.1 Å². The smallest absolute Gasteiger partial charge is 0.232 e. The van der Waals surface area contributed by atoms with Crippen LogP contribution < -0.4 is 4.74 Å². The number of hydrogen-bond acceptors (Lipinski definition) is 5. The predicted octanol–water partition coefficient (Wildman–Crippen LogP) is 3.53. The second-order valence-electron chi connectivity index (χ2n) is 7.40. The first-order valence-electron chi connectivity index (χ1n) is 9.65. The number of ether oxygens (including phenoxy) is 1. The van der Waals surface area contributed by atoms with Gasteiger partial charge in [-0.2, -0.15) is 0 Å². The molecule has 156 valence electrons. The number of halogens is 1. The molecule has 1 fully saturated rings. The van der Waals surface area contributed by atoms with Gasteiger partial charge in [-0.25, -0.2) is 13.4 Å². The topological polar surface area (TPSA) is 76.6 Å². The zero-order valence-corrected chi connectivity index (χ0v) is 18.1. The zero-order chi connectivity index (χ0) is 21.0. The van der Waals surface area contributed by atoms with Crippen molar-refractivity contribution in [3.8, 4) is 5.88 Å². The first-order valence-corrected chi connectivity index (χ1v) is 11.6. The van der Waals surface area contributed by atoms with Crippen molar-refractivity contribution in [1.29, 1.82) is 0 Å². The van der Waals surface area contributed by atoms with Crippen LogP contribution in [0.2, 0.25) is 5.02 Å². The zero-order valence-electron chi connectivity index (χ0n) is 16.5. The second kappa shape index (κ2) is 9.13. The Hall–Kier alpha value is -2.12. The van der Waals surface area contributed by atoms with E-state index in [0.717, 1.165) is 5.56 Å². The molecule has 6 nitrogen and oxygen atoms in total. The van der Waals surface area contributed by atoms with Crippen LogP contribution in [0.3, 0.4) is 0 Å². The minimum Gasteiger partial charge on any atom is -0.473 e. The molecule has 1 aromatic carbocycles. The van der Waals surface area contributed by atoms with Crippen molar-refractivity contribution in [2.24, 2.45) is 0 Å². The fourth-order valence-corrected chi connectivity index (χ4v) is 4.42. The van der Waals surface area contributed by atoms with Gasteiger partial charge in [-0.1, -0.05) is 23.7 Å². The van der Waals surface area contributed by atoms with Gasteiger partial charge < -0.3 is 9.64 Å². The Kier molecular flexibility index (Phi) is 6.80. The van der Waals surface area contributed by atoms with Crippen LogP contribution in [0.25, 0.3) is 0 Å². The molecule has 1 aliphatic rings. The lowest BCUT2D eigenvalue weighted by Gasteiger charge is -2.32. The van der Waals surface area contributed by atoms with Crippen LogP contribution in [0.5, 0.6) is 5.88 Å². The first-order chi connectivity index (χ1) is 13.8. The van der Waals surface area contributed by atoms with E-state index in [1.165, 1.54) is 0 Å². The molecule has 0 unspecified atom stereocenters. The molecule has 0 saturated carbocycles. The van der Waals surface area contributed by atoms with Crippen molar-refractivity contribution in [2.75, 3.05) is 13.1 Å². The van der Waals surface area contributed by atoms with E-state index in [2.05, 4.69) is 4.98 Å². The van der Waals surface area contributed by atoms with Crippen molar-refractivity contribution in [3.63, 3.8) is 0 Å². The van der Waals surface area contributed by atoms with Gasteiger partial charge in [-0.3, -0.25) is 4.79 Å². The third-order valence-corrected chi connectivity index (χ3v) is 7.48. The van der Waals surface area contributed by atoms with Gasteiger partial charge in [-0.05, 0) is 43.7 Å². The Balaban J connectivity index is 1.53. The standard InChI is InChI=1S/C21H25ClN2O4S/c1-15(2)29(26,27)18-7-5-16(6-8-18)14-20(25)24-12-9-17(10-13-24)28-21-19(22)4-3-11-23-21/h3-8,11,15,17H,9-10,12-14H2,1-2H3. The fraction of sp³-hybridized carbons (Fsp3) is 0.429. The van der Waals surface area contributed by atoms with E-state index in [9.17, 15) is 13.2 Å². The van der Waals surface area contributed by atoms with E-state index in [-0.39, 0.29) is 23.3 Å². The number of piperidine rings is 1. The van der Waals surface area contributed by atoms with Gasteiger partial charge in [0, 0.05) is 32.1 Å². The maximum Gasteiger partial charge on any atom is 0.232 e. The number of likely N-dealkylation sites (tertiary alicyclic amines) is 1. The van der Waals surface area contributed by atoms with Crippen LogP contribution in [0.1, 0.15) is 32.3 Å². The highest BCUT2D eigenvalue weighted by Gasteiger charge is 2.25. The first kappa shape index (κ1) is 21.6. The molecule has 1 aliphatic heterocycles. The van der Waals surface area contributed by atoms with E-state index in [4.69, 9.17) is 16.3 Å². The average molecular weight is 437 g/mol. The number of nitrogens with zero attached hydrogens (tertiary/aromatic N) is 2. The summed E-state index contributed by atoms with van der Waals surface area (Å²) >= 11 is 6.08. The molecule has 8 heteroatoms. The number of amides is 1. The van der Waals surface area contributed by atoms with E-state index in [0.29, 0.717) is 36.8 Å². The van der Waals surface area contributed by atoms with Crippen molar-refractivity contribution >= 4 is 27.3 Å². The number of benzene rings is 1. The third-order valence-electron chi connectivity index (χ3n) is 5.03. The van der Waals surface area contributed by atoms with Crippen LogP contribution in [0.4, 0.5) is 0 Å². The number of aromatic nitrogens is 1. The summed E-state index contributed by atoms with van der Waals surface area (Å²) in [5.41, 5.74) is 0.802. The summed E-state index contributed by atoms with van der Waals surface area (Å²) in [5, 5.41) is 0.00778. The summed E-state index contributed by atoms with van der Waals surface area (Å²) in [4.78, 5) is 18.9. The fourth-order valence-electron chi connectivity index (χ4n) is 3.19. The minimum absolute atomic E-state index is 0.0213. The molecule has 0 aliphatic carbocycles. The Morgan fingerprint density at radius 3 is 2.45 bits per heavy atom. The normalized spacial score (nSPS) is 15.5. The minimum atomic E-state index is -3.30. The highest BCUT2D eigenvalue weighted by molar-refractivity contribution is 7.92. The Morgan fingerprint density at radius 1 is 1.21 bits per heavy atom. The van der Waals surface area contributed by atoms with Crippen LogP contribution in [0.15, 0.2) is 47.5 Å². The molecule has 0 atom stereocenters. The molecule has 3 rings (SSSR count). The molecule has 1 aromatic heterocycles. The van der Waals surface area contributed by atoms with E-state index >= 15 is 0 Å². The SMILES string of the molecule is CC(C)S(=O)(=O)c1ccc(CC(=O)N2CCC(Oc3ncccc3Cl)CC2)cc1. The summed E-state index contributed by atoms with van der Waals surface area (Å²) in [6.45, 7) is 4.52. The van der Waals surface area contributed by atoms with Crippen LogP contribution in [-0.4, -0.2) is 48.7 Å². The summed E-state index contributed by atoms with van der Waals surface area (Å²) in [7, 11) is -3.30. The number of carbonyl (C=O) groups excluding carboxylic acids is 1. The van der Waals surface area contributed by atoms with E-state index in [1.54, 1.807) is 56.4 Å². The van der Waals surface area contributed by atoms with Gasteiger partial charge in [0.05, 0.1) is 16.6 Å². The molecule has 0 spiro atoms. The van der Waals surface area contributed by atoms with Crippen LogP contribution >= 0.6 is 11.6 Å². The highest BCUT2D eigenvalue weighted by Crippen LogP contribution is 2.24. The Bertz CT molecular complexity index is 953. The second-order valence-corrected chi connectivity index (χ2v) is 10.3. The predicted molar refractivity (Wildman–Crippen MR) is 112 cm³/mol. The van der Waals surface area contributed by atoms with Crippen molar-refractivity contribution in [3.05, 3.63) is 53.2 Å². The summed E-state index contributed by atoms with van der Waals surface area (Å²) in [6, 6.07) is 10.1. The van der Waals surface area contributed by atoms with Gasteiger partial charge in [0.25, 0.3) is 0 Å². The third kappa shape index (κ3) is 5.28. The maximum atomic E-state index is 12.6. The number of sulfone groups is 1. The monoisotopic (exact) mass is 436 g/mol. The number of pyridine rings is 1. The quantitative estimate of drug-likeness (QED) is 0.692. The number of carbonyl (C=O) groups is 1. The van der Waals surface area contributed by atoms with Crippen LogP contribution in [0, 0.1) is 0 Å². The van der Waals surface area contributed by atoms with Crippen molar-refractivity contribution in [1.82, 2.24) is 9.88 Å². The summed E-state index contributed by atoms with van der Waals surface area (Å²) < 4.78 is 30.3. The lowest BCUT2D eigenvalue weighted by molar-refractivity contribution is -0.132. The van der Waals surface area contributed by atoms with Gasteiger partial charge in [0.1, 0.15) is 11.1 Å². The highest BCUT2D eigenvalue weighted by atomic mass is 35.5. The number of hydrogen-bond donors (Lipinski definition) is 0. The maximum absolute atomic E-state index is 12.6. The molecule has 1 amide bonds. The van der Waals surface area contributed by atoms with Gasteiger partial charge in [-0.15, -0.1) is 0 Å². The van der Waals surface area contributed by atoms with Gasteiger partial charge >= 0.3 is 0 Å².